The van der Waals surface area contributed by atoms with E-state index in [9.17, 15) is 14.0 Å². The van der Waals surface area contributed by atoms with Crippen LogP contribution in [0.4, 0.5) is 10.1 Å². The van der Waals surface area contributed by atoms with Crippen LogP contribution in [-0.2, 0) is 17.6 Å². The zero-order chi connectivity index (χ0) is 21.6. The number of benzene rings is 3. The molecule has 0 aliphatic carbocycles. The Morgan fingerprint density at radius 1 is 1.00 bits per heavy atom. The van der Waals surface area contributed by atoms with Gasteiger partial charge in [0.1, 0.15) is 5.82 Å². The zero-order valence-corrected chi connectivity index (χ0v) is 17.8. The number of amides is 2. The minimum absolute atomic E-state index is 0.0382. The van der Waals surface area contributed by atoms with Crippen molar-refractivity contribution in [1.82, 2.24) is 5.32 Å². The third-order valence-corrected chi connectivity index (χ3v) is 6.32. The van der Waals surface area contributed by atoms with Crippen LogP contribution in [0.25, 0.3) is 0 Å². The molecule has 0 fully saturated rings. The molecule has 0 aromatic heterocycles. The molecule has 0 unspecified atom stereocenters. The maximum absolute atomic E-state index is 13.3. The summed E-state index contributed by atoms with van der Waals surface area (Å²) in [6.45, 7) is 1.10. The fourth-order valence-corrected chi connectivity index (χ4v) is 4.63. The van der Waals surface area contributed by atoms with Gasteiger partial charge in [0.2, 0.25) is 5.91 Å². The lowest BCUT2D eigenvalue weighted by Gasteiger charge is -2.17. The lowest BCUT2D eigenvalue weighted by molar-refractivity contribution is -0.116. The van der Waals surface area contributed by atoms with Crippen molar-refractivity contribution in [2.75, 3.05) is 23.7 Å². The van der Waals surface area contributed by atoms with Gasteiger partial charge in [-0.25, -0.2) is 4.39 Å². The molecule has 1 aliphatic heterocycles. The minimum atomic E-state index is -0.282. The van der Waals surface area contributed by atoms with E-state index in [0.717, 1.165) is 22.6 Å². The molecule has 158 valence electrons. The summed E-state index contributed by atoms with van der Waals surface area (Å²) in [5.74, 6) is -0.173. The molecule has 1 aliphatic rings. The predicted octanol–water partition coefficient (Wildman–Crippen LogP) is 4.48. The van der Waals surface area contributed by atoms with Crippen LogP contribution < -0.4 is 10.2 Å². The molecule has 31 heavy (non-hydrogen) atoms. The highest BCUT2D eigenvalue weighted by Gasteiger charge is 2.24. The Morgan fingerprint density at radius 3 is 2.68 bits per heavy atom. The highest BCUT2D eigenvalue weighted by molar-refractivity contribution is 8.00. The molecule has 1 N–H and O–H groups in total. The van der Waals surface area contributed by atoms with E-state index < -0.39 is 0 Å². The number of anilines is 1. The summed E-state index contributed by atoms with van der Waals surface area (Å²) in [5.41, 5.74) is 3.55. The number of halogens is 1. The summed E-state index contributed by atoms with van der Waals surface area (Å²) in [7, 11) is 0. The van der Waals surface area contributed by atoms with E-state index in [1.54, 1.807) is 12.1 Å². The molecule has 4 nitrogen and oxygen atoms in total. The third-order valence-electron chi connectivity index (χ3n) is 5.26. The molecule has 3 aromatic carbocycles. The van der Waals surface area contributed by atoms with Crippen LogP contribution in [0.1, 0.15) is 21.5 Å². The summed E-state index contributed by atoms with van der Waals surface area (Å²) in [5, 5.41) is 2.89. The van der Waals surface area contributed by atoms with Crippen molar-refractivity contribution in [1.29, 1.82) is 0 Å². The second kappa shape index (κ2) is 9.79. The molecule has 2 amide bonds. The van der Waals surface area contributed by atoms with Crippen molar-refractivity contribution in [3.63, 3.8) is 0 Å². The van der Waals surface area contributed by atoms with Crippen LogP contribution in [0.2, 0.25) is 0 Å². The lowest BCUT2D eigenvalue weighted by Crippen LogP contribution is -2.30. The molecule has 3 aromatic rings. The number of carbonyl (C=O) groups is 2. The van der Waals surface area contributed by atoms with Gasteiger partial charge < -0.3 is 10.2 Å². The number of hydrogen-bond donors (Lipinski definition) is 1. The quantitative estimate of drug-likeness (QED) is 0.558. The van der Waals surface area contributed by atoms with E-state index in [2.05, 4.69) is 11.4 Å². The molecule has 0 saturated carbocycles. The fraction of sp³-hybridized carbons (Fsp3) is 0.200. The van der Waals surface area contributed by atoms with E-state index >= 15 is 0 Å². The molecule has 0 saturated heterocycles. The molecular formula is C25H23FN2O2S. The number of para-hydroxylation sites is 1. The first kappa shape index (κ1) is 21.1. The van der Waals surface area contributed by atoms with Gasteiger partial charge in [0.25, 0.3) is 5.91 Å². The number of nitrogens with zero attached hydrogens (tertiary/aromatic N) is 1. The largest absolute Gasteiger partial charge is 0.352 e. The van der Waals surface area contributed by atoms with Crippen LogP contribution in [0, 0.1) is 5.82 Å². The van der Waals surface area contributed by atoms with Crippen molar-refractivity contribution in [2.45, 2.75) is 17.7 Å². The van der Waals surface area contributed by atoms with E-state index in [1.807, 2.05) is 47.4 Å². The van der Waals surface area contributed by atoms with Crippen LogP contribution in [-0.4, -0.2) is 30.7 Å². The number of nitrogens with one attached hydrogen (secondary N) is 1. The monoisotopic (exact) mass is 434 g/mol. The summed E-state index contributed by atoms with van der Waals surface area (Å²) in [6.07, 6.45) is 1.42. The normalized spacial score (nSPS) is 12.5. The van der Waals surface area contributed by atoms with E-state index in [4.69, 9.17) is 0 Å². The average molecular weight is 435 g/mol. The van der Waals surface area contributed by atoms with Crippen LogP contribution in [0.15, 0.2) is 77.7 Å². The SMILES string of the molecule is O=C(NCCc1cccc(F)c1)c1ccccc1SCC(=O)N1CCc2ccccc21. The first-order valence-corrected chi connectivity index (χ1v) is 11.2. The number of hydrogen-bond acceptors (Lipinski definition) is 3. The highest BCUT2D eigenvalue weighted by atomic mass is 32.2. The van der Waals surface area contributed by atoms with Crippen molar-refractivity contribution >= 4 is 29.3 Å². The Morgan fingerprint density at radius 2 is 1.81 bits per heavy atom. The van der Waals surface area contributed by atoms with Gasteiger partial charge in [-0.15, -0.1) is 11.8 Å². The Bertz CT molecular complexity index is 1100. The highest BCUT2D eigenvalue weighted by Crippen LogP contribution is 2.29. The molecule has 1 heterocycles. The third kappa shape index (κ3) is 5.14. The fourth-order valence-electron chi connectivity index (χ4n) is 3.70. The van der Waals surface area contributed by atoms with Gasteiger partial charge in [-0.1, -0.05) is 42.5 Å². The maximum atomic E-state index is 13.3. The molecule has 4 rings (SSSR count). The maximum Gasteiger partial charge on any atom is 0.252 e. The van der Waals surface area contributed by atoms with Gasteiger partial charge >= 0.3 is 0 Å². The Kier molecular flexibility index (Phi) is 6.67. The minimum Gasteiger partial charge on any atom is -0.352 e. The Labute approximate surface area is 185 Å². The number of carbonyl (C=O) groups excluding carboxylic acids is 2. The number of fused-ring (bicyclic) bond motifs is 1. The van der Waals surface area contributed by atoms with Crippen molar-refractivity contribution < 1.29 is 14.0 Å². The van der Waals surface area contributed by atoms with Gasteiger partial charge in [0.05, 0.1) is 11.3 Å². The first-order valence-electron chi connectivity index (χ1n) is 10.2. The summed E-state index contributed by atoms with van der Waals surface area (Å²) in [6, 6.07) is 21.6. The van der Waals surface area contributed by atoms with Gasteiger partial charge in [0, 0.05) is 23.7 Å². The molecule has 0 bridgehead atoms. The smallest absolute Gasteiger partial charge is 0.252 e. The van der Waals surface area contributed by atoms with Gasteiger partial charge in [-0.3, -0.25) is 9.59 Å². The van der Waals surface area contributed by atoms with Crippen LogP contribution >= 0.6 is 11.8 Å². The van der Waals surface area contributed by atoms with Gasteiger partial charge in [-0.2, -0.15) is 0 Å². The number of thioether (sulfide) groups is 1. The summed E-state index contributed by atoms with van der Waals surface area (Å²) < 4.78 is 13.3. The molecule has 6 heteroatoms. The molecule has 0 spiro atoms. The molecule has 0 radical (unpaired) electrons. The van der Waals surface area contributed by atoms with Crippen molar-refractivity contribution in [2.24, 2.45) is 0 Å². The van der Waals surface area contributed by atoms with Crippen molar-refractivity contribution in [3.8, 4) is 0 Å². The standard InChI is InChI=1S/C25H23FN2O2S/c26-20-8-5-6-18(16-20)12-14-27-25(30)21-9-2-4-11-23(21)31-17-24(29)28-15-13-19-7-1-3-10-22(19)28/h1-11,16H,12-15,17H2,(H,27,30). The van der Waals surface area contributed by atoms with Crippen LogP contribution in [0.3, 0.4) is 0 Å². The van der Waals surface area contributed by atoms with Gasteiger partial charge in [-0.05, 0) is 54.3 Å². The van der Waals surface area contributed by atoms with E-state index in [0.29, 0.717) is 25.1 Å². The summed E-state index contributed by atoms with van der Waals surface area (Å²) >= 11 is 1.38. The topological polar surface area (TPSA) is 49.4 Å². The predicted molar refractivity (Wildman–Crippen MR) is 122 cm³/mol. The van der Waals surface area contributed by atoms with Crippen molar-refractivity contribution in [3.05, 3.63) is 95.3 Å². The number of rotatable bonds is 7. The second-order valence-corrected chi connectivity index (χ2v) is 8.36. The molecular weight excluding hydrogens is 411 g/mol. The Balaban J connectivity index is 1.35. The average Bonchev–Trinajstić information content (AvgIpc) is 3.22. The zero-order valence-electron chi connectivity index (χ0n) is 17.0. The van der Waals surface area contributed by atoms with E-state index in [1.165, 1.54) is 29.5 Å². The van der Waals surface area contributed by atoms with E-state index in [-0.39, 0.29) is 23.4 Å². The van der Waals surface area contributed by atoms with Gasteiger partial charge in [0.15, 0.2) is 0 Å². The summed E-state index contributed by atoms with van der Waals surface area (Å²) in [4.78, 5) is 28.1. The first-order chi connectivity index (χ1) is 15.1. The Hall–Kier alpha value is -3.12. The molecule has 0 atom stereocenters. The lowest BCUT2D eigenvalue weighted by atomic mass is 10.1. The second-order valence-electron chi connectivity index (χ2n) is 7.34. The van der Waals surface area contributed by atoms with Crippen LogP contribution in [0.5, 0.6) is 0 Å².